The molecule has 1 atom stereocenters. The van der Waals surface area contributed by atoms with Crippen molar-refractivity contribution >= 4 is 21.4 Å². The second-order valence-electron chi connectivity index (χ2n) is 4.99. The van der Waals surface area contributed by atoms with Crippen LogP contribution >= 0.6 is 11.6 Å². The number of hydrogen-bond acceptors (Lipinski definition) is 2. The van der Waals surface area contributed by atoms with Crippen LogP contribution in [0.1, 0.15) is 24.0 Å². The zero-order valence-electron chi connectivity index (χ0n) is 11.3. The molecule has 2 aromatic rings. The highest BCUT2D eigenvalue weighted by Crippen LogP contribution is 2.21. The van der Waals surface area contributed by atoms with Crippen molar-refractivity contribution in [3.05, 3.63) is 70.7 Å². The first-order valence-corrected chi connectivity index (χ1v) is 8.66. The van der Waals surface area contributed by atoms with Gasteiger partial charge in [0.05, 0.1) is 11.5 Å². The molecular formula is C16H17ClO2S. The van der Waals surface area contributed by atoms with E-state index in [-0.39, 0.29) is 17.4 Å². The second kappa shape index (κ2) is 6.42. The quantitative estimate of drug-likeness (QED) is 0.834. The van der Waals surface area contributed by atoms with E-state index in [0.29, 0.717) is 5.02 Å². The van der Waals surface area contributed by atoms with Crippen LogP contribution in [-0.4, -0.2) is 14.2 Å². The summed E-state index contributed by atoms with van der Waals surface area (Å²) < 4.78 is 24.4. The van der Waals surface area contributed by atoms with Gasteiger partial charge >= 0.3 is 0 Å². The minimum Gasteiger partial charge on any atom is -0.228 e. The number of hydrogen-bond donors (Lipinski definition) is 0. The van der Waals surface area contributed by atoms with Crippen molar-refractivity contribution in [3.8, 4) is 0 Å². The average molecular weight is 309 g/mol. The summed E-state index contributed by atoms with van der Waals surface area (Å²) >= 11 is 5.84. The summed E-state index contributed by atoms with van der Waals surface area (Å²) in [6.45, 7) is 1.92. The van der Waals surface area contributed by atoms with E-state index in [2.05, 4.69) is 0 Å². The van der Waals surface area contributed by atoms with Gasteiger partial charge in [-0.15, -0.1) is 0 Å². The molecule has 0 amide bonds. The van der Waals surface area contributed by atoms with Gasteiger partial charge in [0.1, 0.15) is 0 Å². The molecule has 0 bridgehead atoms. The maximum absolute atomic E-state index is 12.2. The van der Waals surface area contributed by atoms with Crippen molar-refractivity contribution in [2.75, 3.05) is 5.75 Å². The smallest absolute Gasteiger partial charge is 0.155 e. The van der Waals surface area contributed by atoms with Crippen LogP contribution in [0.25, 0.3) is 0 Å². The normalized spacial score (nSPS) is 13.1. The number of benzene rings is 2. The second-order valence-corrected chi connectivity index (χ2v) is 7.54. The molecule has 0 spiro atoms. The van der Waals surface area contributed by atoms with Gasteiger partial charge in [-0.05, 0) is 29.2 Å². The van der Waals surface area contributed by atoms with Crippen LogP contribution in [0.15, 0.2) is 54.6 Å². The lowest BCUT2D eigenvalue weighted by Gasteiger charge is -2.12. The Bertz CT molecular complexity index is 649. The largest absolute Gasteiger partial charge is 0.228 e. The molecule has 0 aliphatic carbocycles. The molecule has 0 heterocycles. The minimum absolute atomic E-state index is 0.0408. The fourth-order valence-corrected chi connectivity index (χ4v) is 4.05. The summed E-state index contributed by atoms with van der Waals surface area (Å²) in [6.07, 6.45) is 0. The van der Waals surface area contributed by atoms with E-state index in [4.69, 9.17) is 11.6 Å². The zero-order valence-corrected chi connectivity index (χ0v) is 12.9. The van der Waals surface area contributed by atoms with Gasteiger partial charge in [0, 0.05) is 5.02 Å². The molecule has 2 nitrogen and oxygen atoms in total. The first-order chi connectivity index (χ1) is 9.46. The summed E-state index contributed by atoms with van der Waals surface area (Å²) in [5.74, 6) is 0.191. The van der Waals surface area contributed by atoms with E-state index in [1.54, 1.807) is 12.1 Å². The molecule has 2 rings (SSSR count). The molecular weight excluding hydrogens is 292 g/mol. The van der Waals surface area contributed by atoms with Crippen molar-refractivity contribution in [1.82, 2.24) is 0 Å². The van der Waals surface area contributed by atoms with Gasteiger partial charge in [0.2, 0.25) is 0 Å². The first kappa shape index (κ1) is 15.1. The molecule has 4 heteroatoms. The third-order valence-corrected chi connectivity index (χ3v) is 5.21. The van der Waals surface area contributed by atoms with Crippen molar-refractivity contribution < 1.29 is 8.42 Å². The monoisotopic (exact) mass is 308 g/mol. The maximum Gasteiger partial charge on any atom is 0.155 e. The van der Waals surface area contributed by atoms with Crippen LogP contribution in [0.3, 0.4) is 0 Å². The summed E-state index contributed by atoms with van der Waals surface area (Å²) in [7, 11) is -3.13. The molecule has 20 heavy (non-hydrogen) atoms. The molecule has 0 saturated heterocycles. The van der Waals surface area contributed by atoms with Gasteiger partial charge in [-0.1, -0.05) is 61.0 Å². The van der Waals surface area contributed by atoms with E-state index in [1.807, 2.05) is 49.4 Å². The molecule has 0 fully saturated rings. The Hall–Kier alpha value is -1.32. The molecule has 106 valence electrons. The Morgan fingerprint density at radius 1 is 1.00 bits per heavy atom. The van der Waals surface area contributed by atoms with E-state index in [1.165, 1.54) is 0 Å². The third-order valence-electron chi connectivity index (χ3n) is 3.17. The highest BCUT2D eigenvalue weighted by Gasteiger charge is 2.17. The maximum atomic E-state index is 12.2. The zero-order chi connectivity index (χ0) is 14.6. The average Bonchev–Trinajstić information content (AvgIpc) is 2.39. The molecule has 0 aliphatic rings. The first-order valence-electron chi connectivity index (χ1n) is 6.46. The topological polar surface area (TPSA) is 34.1 Å². The summed E-state index contributed by atoms with van der Waals surface area (Å²) in [5, 5.41) is 0.660. The lowest BCUT2D eigenvalue weighted by molar-refractivity contribution is 0.589. The van der Waals surface area contributed by atoms with Crippen LogP contribution in [-0.2, 0) is 15.6 Å². The molecule has 0 radical (unpaired) electrons. The lowest BCUT2D eigenvalue weighted by Crippen LogP contribution is -2.14. The Morgan fingerprint density at radius 2 is 1.60 bits per heavy atom. The molecule has 0 N–H and O–H groups in total. The van der Waals surface area contributed by atoms with E-state index < -0.39 is 9.84 Å². The Labute approximate surface area is 125 Å². The fourth-order valence-electron chi connectivity index (χ4n) is 2.16. The van der Waals surface area contributed by atoms with E-state index in [0.717, 1.165) is 11.1 Å². The summed E-state index contributed by atoms with van der Waals surface area (Å²) in [6, 6.07) is 16.6. The predicted octanol–water partition coefficient (Wildman–Crippen LogP) is 4.06. The standard InChI is InChI=1S/C16H17ClO2S/c1-13(15-7-9-16(17)10-8-15)11-20(18,19)12-14-5-3-2-4-6-14/h2-10,13H,11-12H2,1H3/t13-/m1/s1. The van der Waals surface area contributed by atoms with Gasteiger partial charge in [-0.25, -0.2) is 8.42 Å². The van der Waals surface area contributed by atoms with Crippen LogP contribution in [0.4, 0.5) is 0 Å². The van der Waals surface area contributed by atoms with Crippen molar-refractivity contribution in [2.24, 2.45) is 0 Å². The van der Waals surface area contributed by atoms with E-state index in [9.17, 15) is 8.42 Å². The summed E-state index contributed by atoms with van der Waals surface area (Å²) in [4.78, 5) is 0. The molecule has 2 aromatic carbocycles. The van der Waals surface area contributed by atoms with Gasteiger partial charge in [-0.3, -0.25) is 0 Å². The Morgan fingerprint density at radius 3 is 2.20 bits per heavy atom. The van der Waals surface area contributed by atoms with Crippen molar-refractivity contribution in [2.45, 2.75) is 18.6 Å². The number of halogens is 1. The highest BCUT2D eigenvalue weighted by molar-refractivity contribution is 7.90. The molecule has 0 unspecified atom stereocenters. The Balaban J connectivity index is 2.06. The molecule has 0 saturated carbocycles. The van der Waals surface area contributed by atoms with Crippen molar-refractivity contribution in [1.29, 1.82) is 0 Å². The highest BCUT2D eigenvalue weighted by atomic mass is 35.5. The van der Waals surface area contributed by atoms with Crippen LogP contribution in [0.5, 0.6) is 0 Å². The van der Waals surface area contributed by atoms with Gasteiger partial charge in [0.25, 0.3) is 0 Å². The van der Waals surface area contributed by atoms with Crippen molar-refractivity contribution in [3.63, 3.8) is 0 Å². The molecule has 0 aromatic heterocycles. The van der Waals surface area contributed by atoms with Crippen LogP contribution < -0.4 is 0 Å². The predicted molar refractivity (Wildman–Crippen MR) is 83.8 cm³/mol. The van der Waals surface area contributed by atoms with Crippen LogP contribution in [0.2, 0.25) is 5.02 Å². The molecule has 0 aliphatic heterocycles. The van der Waals surface area contributed by atoms with Gasteiger partial charge < -0.3 is 0 Å². The fraction of sp³-hybridized carbons (Fsp3) is 0.250. The Kier molecular flexibility index (Phi) is 4.84. The van der Waals surface area contributed by atoms with Gasteiger partial charge in [-0.2, -0.15) is 0 Å². The third kappa shape index (κ3) is 4.36. The SMILES string of the molecule is C[C@H](CS(=O)(=O)Cc1ccccc1)c1ccc(Cl)cc1. The summed E-state index contributed by atoms with van der Waals surface area (Å²) in [5.41, 5.74) is 1.82. The van der Waals surface area contributed by atoms with Gasteiger partial charge in [0.15, 0.2) is 9.84 Å². The van der Waals surface area contributed by atoms with Crippen LogP contribution in [0, 0.1) is 0 Å². The number of rotatable bonds is 5. The minimum atomic E-state index is -3.13. The number of sulfone groups is 1. The van der Waals surface area contributed by atoms with E-state index >= 15 is 0 Å². The lowest BCUT2D eigenvalue weighted by atomic mass is 10.0.